The van der Waals surface area contributed by atoms with E-state index in [-0.39, 0.29) is 5.60 Å². The maximum Gasteiger partial charge on any atom is 0.191 e. The van der Waals surface area contributed by atoms with Crippen LogP contribution in [0.5, 0.6) is 0 Å². The Morgan fingerprint density at radius 1 is 1.43 bits per heavy atom. The van der Waals surface area contributed by atoms with Gasteiger partial charge in [0.05, 0.1) is 18.3 Å². The van der Waals surface area contributed by atoms with Crippen LogP contribution in [0.1, 0.15) is 32.8 Å². The van der Waals surface area contributed by atoms with Gasteiger partial charge in [0.1, 0.15) is 0 Å². The summed E-state index contributed by atoms with van der Waals surface area (Å²) >= 11 is 0. The lowest BCUT2D eigenvalue weighted by molar-refractivity contribution is 0.0310. The van der Waals surface area contributed by atoms with Crippen molar-refractivity contribution in [3.63, 3.8) is 0 Å². The van der Waals surface area contributed by atoms with Crippen LogP contribution in [0, 0.1) is 0 Å². The minimum absolute atomic E-state index is 0.238. The molecule has 0 unspecified atom stereocenters. The third kappa shape index (κ3) is 7.13. The molecular weight excluding hydrogens is 266 g/mol. The van der Waals surface area contributed by atoms with Gasteiger partial charge in [0.2, 0.25) is 0 Å². The molecule has 0 saturated carbocycles. The van der Waals surface area contributed by atoms with Crippen LogP contribution in [0.15, 0.2) is 17.4 Å². The molecule has 1 aromatic rings. The quantitative estimate of drug-likeness (QED) is 0.431. The summed E-state index contributed by atoms with van der Waals surface area (Å²) in [7, 11) is 3.65. The molecule has 0 bridgehead atoms. The van der Waals surface area contributed by atoms with Crippen LogP contribution < -0.4 is 10.6 Å². The van der Waals surface area contributed by atoms with E-state index in [1.54, 1.807) is 7.11 Å². The van der Waals surface area contributed by atoms with E-state index in [9.17, 15) is 0 Å². The molecule has 120 valence electrons. The van der Waals surface area contributed by atoms with Gasteiger partial charge in [0.25, 0.3) is 0 Å². The van der Waals surface area contributed by atoms with E-state index in [0.717, 1.165) is 31.9 Å². The Hall–Kier alpha value is -1.56. The van der Waals surface area contributed by atoms with Crippen molar-refractivity contribution in [1.82, 2.24) is 20.4 Å². The number of methoxy groups -OCH3 is 1. The second-order valence-corrected chi connectivity index (χ2v) is 5.71. The van der Waals surface area contributed by atoms with Gasteiger partial charge < -0.3 is 15.4 Å². The Balaban J connectivity index is 2.35. The molecule has 6 nitrogen and oxygen atoms in total. The zero-order valence-electron chi connectivity index (χ0n) is 13.9. The minimum Gasteiger partial charge on any atom is -0.377 e. The number of ether oxygens (including phenoxy) is 1. The van der Waals surface area contributed by atoms with Crippen LogP contribution in [0.25, 0.3) is 0 Å². The first-order valence-electron chi connectivity index (χ1n) is 7.51. The monoisotopic (exact) mass is 295 g/mol. The number of hydrogen-bond donors (Lipinski definition) is 2. The first kappa shape index (κ1) is 17.5. The first-order valence-corrected chi connectivity index (χ1v) is 7.51. The van der Waals surface area contributed by atoms with E-state index in [1.807, 2.05) is 31.8 Å². The number of aromatic nitrogens is 2. The lowest BCUT2D eigenvalue weighted by atomic mass is 10.1. The third-order valence-electron chi connectivity index (χ3n) is 3.21. The Morgan fingerprint density at radius 2 is 2.19 bits per heavy atom. The smallest absolute Gasteiger partial charge is 0.191 e. The maximum atomic E-state index is 5.38. The highest BCUT2D eigenvalue weighted by atomic mass is 16.5. The molecule has 1 aromatic heterocycles. The van der Waals surface area contributed by atoms with Gasteiger partial charge in [-0.05, 0) is 39.2 Å². The number of aliphatic imine (C=N–C) groups is 1. The number of nitrogens with zero attached hydrogens (tertiary/aromatic N) is 3. The van der Waals surface area contributed by atoms with E-state index in [4.69, 9.17) is 4.74 Å². The predicted octanol–water partition coefficient (Wildman–Crippen LogP) is 1.33. The minimum atomic E-state index is -0.238. The van der Waals surface area contributed by atoms with Crippen molar-refractivity contribution in [2.24, 2.45) is 12.0 Å². The summed E-state index contributed by atoms with van der Waals surface area (Å²) < 4.78 is 7.21. The highest BCUT2D eigenvalue weighted by Crippen LogP contribution is 2.07. The molecular formula is C15H29N5O. The molecule has 0 amide bonds. The van der Waals surface area contributed by atoms with Gasteiger partial charge in [0, 0.05) is 33.4 Å². The fraction of sp³-hybridized carbons (Fsp3) is 0.733. The number of guanidine groups is 1. The standard InChI is InChI=1S/C15H29N5O/c1-6-16-14(18-12-15(2,3)21-5)17-9-7-8-13-10-19-20(4)11-13/h10-11H,6-9,12H2,1-5H3,(H2,16,17,18). The van der Waals surface area contributed by atoms with Crippen LogP contribution in [-0.4, -0.2) is 48.1 Å². The van der Waals surface area contributed by atoms with Crippen LogP contribution in [0.4, 0.5) is 0 Å². The van der Waals surface area contributed by atoms with Gasteiger partial charge in [-0.3, -0.25) is 9.67 Å². The summed E-state index contributed by atoms with van der Waals surface area (Å²) in [6, 6.07) is 0. The van der Waals surface area contributed by atoms with E-state index in [0.29, 0.717) is 6.54 Å². The summed E-state index contributed by atoms with van der Waals surface area (Å²) in [5.41, 5.74) is 1.03. The summed E-state index contributed by atoms with van der Waals surface area (Å²) in [4.78, 5) is 4.56. The summed E-state index contributed by atoms with van der Waals surface area (Å²) in [6.07, 6.45) is 6.04. The molecule has 2 N–H and O–H groups in total. The predicted molar refractivity (Wildman–Crippen MR) is 86.6 cm³/mol. The van der Waals surface area contributed by atoms with Crippen molar-refractivity contribution < 1.29 is 4.74 Å². The number of nitrogens with one attached hydrogen (secondary N) is 2. The molecule has 21 heavy (non-hydrogen) atoms. The fourth-order valence-electron chi connectivity index (χ4n) is 1.78. The number of rotatable bonds is 8. The molecule has 0 aromatic carbocycles. The third-order valence-corrected chi connectivity index (χ3v) is 3.21. The van der Waals surface area contributed by atoms with Crippen LogP contribution in [-0.2, 0) is 18.2 Å². The van der Waals surface area contributed by atoms with Crippen LogP contribution >= 0.6 is 0 Å². The Kier molecular flexibility index (Phi) is 7.22. The lowest BCUT2D eigenvalue weighted by Gasteiger charge is -2.21. The van der Waals surface area contributed by atoms with E-state index in [1.165, 1.54) is 5.56 Å². The SMILES string of the molecule is CCNC(=NCC(C)(C)OC)NCCCc1cnn(C)c1. The van der Waals surface area contributed by atoms with E-state index >= 15 is 0 Å². The Labute approximate surface area is 128 Å². The normalized spacial score (nSPS) is 12.5. The van der Waals surface area contributed by atoms with Gasteiger partial charge in [-0.25, -0.2) is 0 Å². The van der Waals surface area contributed by atoms with Crippen molar-refractivity contribution in [3.05, 3.63) is 18.0 Å². The molecule has 0 spiro atoms. The van der Waals surface area contributed by atoms with Crippen molar-refractivity contribution in [1.29, 1.82) is 0 Å². The van der Waals surface area contributed by atoms with Gasteiger partial charge in [-0.15, -0.1) is 0 Å². The second-order valence-electron chi connectivity index (χ2n) is 5.71. The second kappa shape index (κ2) is 8.67. The lowest BCUT2D eigenvalue weighted by Crippen LogP contribution is -2.39. The molecule has 0 radical (unpaired) electrons. The van der Waals surface area contributed by atoms with Crippen molar-refractivity contribution in [2.75, 3.05) is 26.7 Å². The Morgan fingerprint density at radius 3 is 2.76 bits per heavy atom. The van der Waals surface area contributed by atoms with E-state index < -0.39 is 0 Å². The molecule has 1 heterocycles. The fourth-order valence-corrected chi connectivity index (χ4v) is 1.78. The Bertz CT molecular complexity index is 439. The maximum absolute atomic E-state index is 5.38. The highest BCUT2D eigenvalue weighted by Gasteiger charge is 2.15. The van der Waals surface area contributed by atoms with Gasteiger partial charge in [0.15, 0.2) is 5.96 Å². The van der Waals surface area contributed by atoms with Crippen molar-refractivity contribution in [3.8, 4) is 0 Å². The van der Waals surface area contributed by atoms with Crippen LogP contribution in [0.3, 0.4) is 0 Å². The molecule has 0 aliphatic rings. The summed E-state index contributed by atoms with van der Waals surface area (Å²) in [5, 5.41) is 10.8. The number of hydrogen-bond acceptors (Lipinski definition) is 3. The van der Waals surface area contributed by atoms with Crippen LogP contribution in [0.2, 0.25) is 0 Å². The summed E-state index contributed by atoms with van der Waals surface area (Å²) in [6.45, 7) is 8.48. The average Bonchev–Trinajstić information content (AvgIpc) is 2.86. The highest BCUT2D eigenvalue weighted by molar-refractivity contribution is 5.79. The zero-order chi connectivity index (χ0) is 15.7. The summed E-state index contributed by atoms with van der Waals surface area (Å²) in [5.74, 6) is 0.841. The topological polar surface area (TPSA) is 63.5 Å². The van der Waals surface area contributed by atoms with Gasteiger partial charge in [-0.1, -0.05) is 0 Å². The molecule has 0 aliphatic carbocycles. The average molecular weight is 295 g/mol. The molecule has 0 atom stereocenters. The van der Waals surface area contributed by atoms with Crippen molar-refractivity contribution in [2.45, 2.75) is 39.2 Å². The van der Waals surface area contributed by atoms with Crippen molar-refractivity contribution >= 4 is 5.96 Å². The van der Waals surface area contributed by atoms with Gasteiger partial charge >= 0.3 is 0 Å². The molecule has 0 saturated heterocycles. The molecule has 6 heteroatoms. The zero-order valence-corrected chi connectivity index (χ0v) is 13.9. The van der Waals surface area contributed by atoms with Gasteiger partial charge in [-0.2, -0.15) is 5.10 Å². The molecule has 0 fully saturated rings. The first-order chi connectivity index (χ1) is 9.96. The molecule has 0 aliphatic heterocycles. The largest absolute Gasteiger partial charge is 0.377 e. The van der Waals surface area contributed by atoms with E-state index in [2.05, 4.69) is 33.8 Å². The number of aryl methyl sites for hydroxylation is 2. The molecule has 1 rings (SSSR count).